The summed E-state index contributed by atoms with van der Waals surface area (Å²) in [4.78, 5) is 4.01. The van der Waals surface area contributed by atoms with Gasteiger partial charge >= 0.3 is 0 Å². The molecule has 0 saturated carbocycles. The van der Waals surface area contributed by atoms with Crippen LogP contribution in [0, 0.1) is 0 Å². The van der Waals surface area contributed by atoms with Crippen molar-refractivity contribution >= 4 is 5.82 Å². The van der Waals surface area contributed by atoms with Crippen LogP contribution in [0.5, 0.6) is 0 Å². The quantitative estimate of drug-likeness (QED) is 0.741. The van der Waals surface area contributed by atoms with Gasteiger partial charge in [-0.3, -0.25) is 0 Å². The van der Waals surface area contributed by atoms with Crippen molar-refractivity contribution in [1.29, 1.82) is 0 Å². The standard InChI is InChI=1S/C10H17N3/c1-2-3-6-9(11)8-5-4-7-13-10(8)12/h4-5,7,9H,2-3,6,11H2,1H3,(H2,12,13)/t9-/m0/s1. The molecule has 1 aromatic heterocycles. The minimum absolute atomic E-state index is 0.0358. The van der Waals surface area contributed by atoms with Gasteiger partial charge in [-0.15, -0.1) is 0 Å². The first-order valence-electron chi connectivity index (χ1n) is 4.71. The van der Waals surface area contributed by atoms with Gasteiger partial charge in [0.2, 0.25) is 0 Å². The smallest absolute Gasteiger partial charge is 0.128 e. The van der Waals surface area contributed by atoms with Crippen LogP contribution in [0.25, 0.3) is 0 Å². The van der Waals surface area contributed by atoms with E-state index in [-0.39, 0.29) is 6.04 Å². The van der Waals surface area contributed by atoms with Crippen molar-refractivity contribution in [3.63, 3.8) is 0 Å². The Hall–Kier alpha value is -1.09. The molecular weight excluding hydrogens is 162 g/mol. The number of nitrogen functional groups attached to an aromatic ring is 1. The van der Waals surface area contributed by atoms with Crippen LogP contribution in [0.15, 0.2) is 18.3 Å². The first-order chi connectivity index (χ1) is 6.25. The fraction of sp³-hybridized carbons (Fsp3) is 0.500. The molecule has 0 aliphatic carbocycles. The Kier molecular flexibility index (Phi) is 3.71. The van der Waals surface area contributed by atoms with Gasteiger partial charge in [0.15, 0.2) is 0 Å². The molecule has 0 aliphatic heterocycles. The lowest BCUT2D eigenvalue weighted by Crippen LogP contribution is -2.12. The van der Waals surface area contributed by atoms with E-state index in [0.717, 1.165) is 24.8 Å². The molecule has 0 radical (unpaired) electrons. The van der Waals surface area contributed by atoms with Gasteiger partial charge in [-0.05, 0) is 12.5 Å². The molecule has 3 nitrogen and oxygen atoms in total. The number of hydrogen-bond donors (Lipinski definition) is 2. The monoisotopic (exact) mass is 179 g/mol. The van der Waals surface area contributed by atoms with Crippen LogP contribution < -0.4 is 11.5 Å². The lowest BCUT2D eigenvalue weighted by atomic mass is 10.0. The van der Waals surface area contributed by atoms with Gasteiger partial charge in [0.05, 0.1) is 0 Å². The van der Waals surface area contributed by atoms with Crippen molar-refractivity contribution in [2.75, 3.05) is 5.73 Å². The van der Waals surface area contributed by atoms with Crippen LogP contribution >= 0.6 is 0 Å². The van der Waals surface area contributed by atoms with E-state index in [4.69, 9.17) is 11.5 Å². The molecule has 0 amide bonds. The highest BCUT2D eigenvalue weighted by atomic mass is 14.8. The Morgan fingerprint density at radius 2 is 2.31 bits per heavy atom. The lowest BCUT2D eigenvalue weighted by Gasteiger charge is -2.12. The summed E-state index contributed by atoms with van der Waals surface area (Å²) >= 11 is 0. The van der Waals surface area contributed by atoms with Crippen LogP contribution in [-0.4, -0.2) is 4.98 Å². The average Bonchev–Trinajstić information content (AvgIpc) is 2.15. The number of nitrogens with two attached hydrogens (primary N) is 2. The summed E-state index contributed by atoms with van der Waals surface area (Å²) in [5, 5.41) is 0. The normalized spacial score (nSPS) is 12.8. The molecule has 1 heterocycles. The molecule has 4 N–H and O–H groups in total. The van der Waals surface area contributed by atoms with E-state index < -0.39 is 0 Å². The summed E-state index contributed by atoms with van der Waals surface area (Å²) in [7, 11) is 0. The van der Waals surface area contributed by atoms with E-state index in [0.29, 0.717) is 5.82 Å². The maximum Gasteiger partial charge on any atom is 0.128 e. The predicted molar refractivity (Wildman–Crippen MR) is 55.1 cm³/mol. The summed E-state index contributed by atoms with van der Waals surface area (Å²) in [6, 6.07) is 3.86. The van der Waals surface area contributed by atoms with Crippen molar-refractivity contribution in [3.8, 4) is 0 Å². The van der Waals surface area contributed by atoms with E-state index in [1.807, 2.05) is 12.1 Å². The number of unbranched alkanes of at least 4 members (excludes halogenated alkanes) is 1. The summed E-state index contributed by atoms with van der Waals surface area (Å²) in [5.74, 6) is 0.561. The van der Waals surface area contributed by atoms with Crippen molar-refractivity contribution < 1.29 is 0 Å². The van der Waals surface area contributed by atoms with Gasteiger partial charge in [-0.2, -0.15) is 0 Å². The van der Waals surface area contributed by atoms with Crippen molar-refractivity contribution in [3.05, 3.63) is 23.9 Å². The summed E-state index contributed by atoms with van der Waals surface area (Å²) < 4.78 is 0. The Morgan fingerprint density at radius 1 is 1.54 bits per heavy atom. The average molecular weight is 179 g/mol. The Balaban J connectivity index is 2.65. The largest absolute Gasteiger partial charge is 0.383 e. The third-order valence-corrected chi connectivity index (χ3v) is 2.14. The van der Waals surface area contributed by atoms with Crippen molar-refractivity contribution in [2.45, 2.75) is 32.2 Å². The highest BCUT2D eigenvalue weighted by molar-refractivity contribution is 5.40. The second-order valence-electron chi connectivity index (χ2n) is 3.23. The maximum absolute atomic E-state index is 5.96. The number of rotatable bonds is 4. The molecule has 3 heteroatoms. The van der Waals surface area contributed by atoms with E-state index in [9.17, 15) is 0 Å². The molecule has 72 valence electrons. The third-order valence-electron chi connectivity index (χ3n) is 2.14. The first kappa shape index (κ1) is 9.99. The van der Waals surface area contributed by atoms with Gasteiger partial charge in [0.1, 0.15) is 5.82 Å². The second-order valence-corrected chi connectivity index (χ2v) is 3.23. The number of aromatic nitrogens is 1. The van der Waals surface area contributed by atoms with Gasteiger partial charge in [-0.1, -0.05) is 25.8 Å². The highest BCUT2D eigenvalue weighted by Gasteiger charge is 2.08. The molecule has 0 aromatic carbocycles. The molecule has 0 spiro atoms. The topological polar surface area (TPSA) is 64.9 Å². The third kappa shape index (κ3) is 2.70. The molecule has 0 unspecified atom stereocenters. The van der Waals surface area contributed by atoms with E-state index >= 15 is 0 Å². The van der Waals surface area contributed by atoms with Crippen LogP contribution in [-0.2, 0) is 0 Å². The summed E-state index contributed by atoms with van der Waals surface area (Å²) in [6.07, 6.45) is 4.96. The zero-order chi connectivity index (χ0) is 9.68. The maximum atomic E-state index is 5.96. The number of pyridine rings is 1. The van der Waals surface area contributed by atoms with Gasteiger partial charge in [0, 0.05) is 17.8 Å². The second kappa shape index (κ2) is 4.82. The summed E-state index contributed by atoms with van der Waals surface area (Å²) in [5.41, 5.74) is 12.6. The van der Waals surface area contributed by atoms with Gasteiger partial charge in [-0.25, -0.2) is 4.98 Å². The van der Waals surface area contributed by atoms with Crippen molar-refractivity contribution in [2.24, 2.45) is 5.73 Å². The van der Waals surface area contributed by atoms with Crippen molar-refractivity contribution in [1.82, 2.24) is 4.98 Å². The first-order valence-corrected chi connectivity index (χ1v) is 4.71. The fourth-order valence-corrected chi connectivity index (χ4v) is 1.32. The van der Waals surface area contributed by atoms with Crippen LogP contribution in [0.4, 0.5) is 5.82 Å². The van der Waals surface area contributed by atoms with E-state index in [2.05, 4.69) is 11.9 Å². The number of nitrogens with zero attached hydrogens (tertiary/aromatic N) is 1. The molecule has 0 aliphatic rings. The minimum Gasteiger partial charge on any atom is -0.383 e. The van der Waals surface area contributed by atoms with Crippen LogP contribution in [0.3, 0.4) is 0 Å². The van der Waals surface area contributed by atoms with Gasteiger partial charge < -0.3 is 11.5 Å². The molecule has 1 aromatic rings. The molecule has 0 bridgehead atoms. The predicted octanol–water partition coefficient (Wildman–Crippen LogP) is 1.85. The molecule has 1 rings (SSSR count). The Morgan fingerprint density at radius 3 is 2.92 bits per heavy atom. The zero-order valence-electron chi connectivity index (χ0n) is 8.03. The van der Waals surface area contributed by atoms with Crippen LogP contribution in [0.2, 0.25) is 0 Å². The number of anilines is 1. The Labute approximate surface area is 79.2 Å². The highest BCUT2D eigenvalue weighted by Crippen LogP contribution is 2.20. The zero-order valence-corrected chi connectivity index (χ0v) is 8.03. The number of hydrogen-bond acceptors (Lipinski definition) is 3. The van der Waals surface area contributed by atoms with Gasteiger partial charge in [0.25, 0.3) is 0 Å². The van der Waals surface area contributed by atoms with E-state index in [1.54, 1.807) is 6.20 Å². The fourth-order valence-electron chi connectivity index (χ4n) is 1.32. The van der Waals surface area contributed by atoms with E-state index in [1.165, 1.54) is 0 Å². The molecular formula is C10H17N3. The molecule has 1 atom stereocenters. The minimum atomic E-state index is 0.0358. The molecule has 0 saturated heterocycles. The molecule has 0 fully saturated rings. The molecule has 13 heavy (non-hydrogen) atoms. The Bertz CT molecular complexity index is 260. The SMILES string of the molecule is CCCC[C@H](N)c1cccnc1N. The summed E-state index contributed by atoms with van der Waals surface area (Å²) in [6.45, 7) is 2.15. The lowest BCUT2D eigenvalue weighted by molar-refractivity contribution is 0.603. The van der Waals surface area contributed by atoms with Crippen LogP contribution in [0.1, 0.15) is 37.8 Å².